The molecule has 0 saturated carbocycles. The van der Waals surface area contributed by atoms with E-state index in [2.05, 4.69) is 0 Å². The number of piperidine rings is 1. The Morgan fingerprint density at radius 2 is 2.45 bits per heavy atom. The molecule has 3 nitrogen and oxygen atoms in total. The van der Waals surface area contributed by atoms with E-state index in [1.54, 1.807) is 4.81 Å². The summed E-state index contributed by atoms with van der Waals surface area (Å²) in [6.45, 7) is 0.844. The summed E-state index contributed by atoms with van der Waals surface area (Å²) in [5.41, 5.74) is 0. The first-order chi connectivity index (χ1) is 5.24. The molecule has 62 valence electrons. The lowest BCUT2D eigenvalue weighted by Crippen LogP contribution is -2.46. The van der Waals surface area contributed by atoms with E-state index in [-0.39, 0.29) is 6.54 Å². The molecule has 0 unspecified atom stereocenters. The minimum atomic E-state index is -1.11. The second kappa shape index (κ2) is 3.83. The zero-order valence-corrected chi connectivity index (χ0v) is 6.24. The van der Waals surface area contributed by atoms with Crippen LogP contribution >= 0.6 is 0 Å². The number of carbonyl (C=O) groups is 1. The van der Waals surface area contributed by atoms with E-state index in [1.165, 1.54) is 0 Å². The van der Waals surface area contributed by atoms with E-state index in [0.717, 1.165) is 6.19 Å². The van der Waals surface area contributed by atoms with E-state index >= 15 is 0 Å². The van der Waals surface area contributed by atoms with Crippen molar-refractivity contribution in [1.29, 1.82) is 0 Å². The van der Waals surface area contributed by atoms with Gasteiger partial charge >= 0.3 is 0 Å². The Kier molecular flexibility index (Phi) is 3.02. The van der Waals surface area contributed by atoms with Crippen LogP contribution in [-0.2, 0) is 4.79 Å². The second-order valence-electron chi connectivity index (χ2n) is 2.80. The summed E-state index contributed by atoms with van der Waals surface area (Å²) < 4.78 is 12.6. The quantitative estimate of drug-likeness (QED) is 0.412. The number of halogens is 1. The summed E-state index contributed by atoms with van der Waals surface area (Å²) in [6, 6.07) is 0. The zero-order chi connectivity index (χ0) is 8.27. The molecule has 1 fully saturated rings. The fraction of sp³-hybridized carbons (Fsp3) is 0.833. The van der Waals surface area contributed by atoms with Gasteiger partial charge in [0.15, 0.2) is 0 Å². The van der Waals surface area contributed by atoms with Crippen molar-refractivity contribution in [2.75, 3.05) is 13.1 Å². The van der Waals surface area contributed by atoms with Crippen LogP contribution in [0.25, 0.3) is 0 Å². The Morgan fingerprint density at radius 1 is 1.73 bits per heavy atom. The molecule has 1 aliphatic rings. The fourth-order valence-corrected chi connectivity index (χ4v) is 1.24. The van der Waals surface area contributed by atoms with Gasteiger partial charge in [0.25, 0.3) is 7.41 Å². The van der Waals surface area contributed by atoms with Gasteiger partial charge in [0.1, 0.15) is 6.17 Å². The van der Waals surface area contributed by atoms with Crippen LogP contribution in [0, 0.1) is 0 Å². The van der Waals surface area contributed by atoms with Gasteiger partial charge in [-0.2, -0.15) is 0 Å². The molecule has 0 amide bonds. The molecule has 0 aromatic rings. The highest BCUT2D eigenvalue weighted by atomic mass is 19.1. The highest BCUT2D eigenvalue weighted by molar-refractivity contribution is 6.64. The third kappa shape index (κ3) is 2.27. The van der Waals surface area contributed by atoms with Crippen molar-refractivity contribution >= 4 is 13.6 Å². The first kappa shape index (κ1) is 8.68. The molecule has 0 radical (unpaired) electrons. The van der Waals surface area contributed by atoms with Crippen molar-refractivity contribution < 1.29 is 14.3 Å². The molecule has 5 heteroatoms. The summed E-state index contributed by atoms with van der Waals surface area (Å²) >= 11 is 0. The maximum Gasteiger partial charge on any atom is 0.281 e. The molecule has 0 spiro atoms. The van der Waals surface area contributed by atoms with E-state index in [0.29, 0.717) is 20.4 Å². The predicted molar refractivity (Wildman–Crippen MR) is 41.0 cm³/mol. The van der Waals surface area contributed by atoms with Gasteiger partial charge in [-0.1, -0.05) is 0 Å². The van der Waals surface area contributed by atoms with Crippen LogP contribution in [-0.4, -0.2) is 48.9 Å². The molecule has 0 aromatic carbocycles. The summed E-state index contributed by atoms with van der Waals surface area (Å²) in [7, 11) is 0.295. The van der Waals surface area contributed by atoms with E-state index in [1.807, 2.05) is 0 Å². The minimum absolute atomic E-state index is 0.278. The number of aliphatic hydroxyl groups is 1. The van der Waals surface area contributed by atoms with Crippen LogP contribution in [0.2, 0.25) is 0 Å². The van der Waals surface area contributed by atoms with E-state index < -0.39 is 12.3 Å². The number of aliphatic hydroxyl groups excluding tert-OH is 1. The first-order valence-electron chi connectivity index (χ1n) is 3.72. The van der Waals surface area contributed by atoms with Crippen molar-refractivity contribution in [1.82, 2.24) is 4.81 Å². The van der Waals surface area contributed by atoms with Gasteiger partial charge in [-0.05, 0) is 13.0 Å². The topological polar surface area (TPSA) is 40.5 Å². The van der Waals surface area contributed by atoms with Gasteiger partial charge in [0.2, 0.25) is 0 Å². The Hall–Kier alpha value is -0.415. The zero-order valence-electron chi connectivity index (χ0n) is 6.24. The first-order valence-corrected chi connectivity index (χ1v) is 3.72. The predicted octanol–water partition coefficient (Wildman–Crippen LogP) is -1.07. The molecule has 0 aliphatic carbocycles. The number of alkyl halides is 1. The molecule has 1 heterocycles. The van der Waals surface area contributed by atoms with Crippen LogP contribution < -0.4 is 0 Å². The van der Waals surface area contributed by atoms with Gasteiger partial charge in [0.05, 0.1) is 12.3 Å². The van der Waals surface area contributed by atoms with E-state index in [4.69, 9.17) is 5.11 Å². The highest BCUT2D eigenvalue weighted by Crippen LogP contribution is 2.12. The summed E-state index contributed by atoms with van der Waals surface area (Å²) in [5.74, 6) is 0. The number of rotatable bonds is 2. The van der Waals surface area contributed by atoms with Gasteiger partial charge in [-0.3, -0.25) is 0 Å². The van der Waals surface area contributed by atoms with Crippen molar-refractivity contribution in [3.8, 4) is 0 Å². The molecule has 2 atom stereocenters. The average Bonchev–Trinajstić information content (AvgIpc) is 1.98. The summed E-state index contributed by atoms with van der Waals surface area (Å²) in [6.07, 6.45) is -0.929. The number of carbonyl (C=O) groups excluding carboxylic acids is 1. The summed E-state index contributed by atoms with van der Waals surface area (Å²) in [5, 5.41) is 9.04. The largest absolute Gasteiger partial charge is 0.389 e. The standard InChI is InChI=1S/C6H11BFNO2/c8-5-1-2-9(7-4-10)3-6(5)11/h4-7,11H,1-3H2/t5-,6+/m1/s1. The second-order valence-corrected chi connectivity index (χ2v) is 2.80. The van der Waals surface area contributed by atoms with E-state index in [9.17, 15) is 9.18 Å². The molecule has 0 aromatic heterocycles. The molecule has 1 saturated heterocycles. The molecule has 0 bridgehead atoms. The smallest absolute Gasteiger partial charge is 0.281 e. The van der Waals surface area contributed by atoms with Crippen LogP contribution in [0.15, 0.2) is 0 Å². The van der Waals surface area contributed by atoms with Crippen molar-refractivity contribution in [2.24, 2.45) is 0 Å². The van der Waals surface area contributed by atoms with Crippen LogP contribution in [0.5, 0.6) is 0 Å². The molecule has 1 aliphatic heterocycles. The lowest BCUT2D eigenvalue weighted by molar-refractivity contribution is 0.0292. The average molecular weight is 159 g/mol. The van der Waals surface area contributed by atoms with Gasteiger partial charge in [-0.15, -0.1) is 0 Å². The number of hydrogen-bond acceptors (Lipinski definition) is 3. The Morgan fingerprint density at radius 3 is 3.00 bits per heavy atom. The van der Waals surface area contributed by atoms with Gasteiger partial charge in [0, 0.05) is 6.54 Å². The third-order valence-electron chi connectivity index (χ3n) is 1.92. The van der Waals surface area contributed by atoms with Crippen molar-refractivity contribution in [3.63, 3.8) is 0 Å². The Labute approximate surface area is 65.4 Å². The normalized spacial score (nSPS) is 33.3. The van der Waals surface area contributed by atoms with Crippen LogP contribution in [0.1, 0.15) is 6.42 Å². The molecule has 1 N–H and O–H groups in total. The lowest BCUT2D eigenvalue weighted by atomic mass is 9.90. The minimum Gasteiger partial charge on any atom is -0.389 e. The molecular weight excluding hydrogens is 148 g/mol. The number of β-amino-alcohol motifs (C(OH)–C–C–N with tert-alkyl or cyclic N) is 1. The monoisotopic (exact) mass is 159 g/mol. The Bertz CT molecular complexity index is 147. The molecule has 11 heavy (non-hydrogen) atoms. The van der Waals surface area contributed by atoms with Crippen molar-refractivity contribution in [3.05, 3.63) is 0 Å². The molecule has 1 rings (SSSR count). The number of hydrogen-bond donors (Lipinski definition) is 1. The summed E-state index contributed by atoms with van der Waals surface area (Å²) in [4.78, 5) is 11.8. The van der Waals surface area contributed by atoms with Crippen LogP contribution in [0.4, 0.5) is 4.39 Å². The fourth-order valence-electron chi connectivity index (χ4n) is 1.24. The lowest BCUT2D eigenvalue weighted by Gasteiger charge is -2.30. The molecular formula is C6H11BFNO2. The van der Waals surface area contributed by atoms with Gasteiger partial charge < -0.3 is 14.7 Å². The maximum absolute atomic E-state index is 12.6. The SMILES string of the molecule is O=CBN1CC[C@@H](F)[C@@H](O)C1. The van der Waals surface area contributed by atoms with Gasteiger partial charge in [-0.25, -0.2) is 4.39 Å². The Balaban J connectivity index is 2.33. The number of nitrogens with zero attached hydrogens (tertiary/aromatic N) is 1. The third-order valence-corrected chi connectivity index (χ3v) is 1.92. The van der Waals surface area contributed by atoms with Crippen LogP contribution in [0.3, 0.4) is 0 Å². The van der Waals surface area contributed by atoms with Crippen molar-refractivity contribution in [2.45, 2.75) is 18.7 Å². The highest BCUT2D eigenvalue weighted by Gasteiger charge is 2.26. The maximum atomic E-state index is 12.6.